The van der Waals surface area contributed by atoms with Crippen LogP contribution in [0.1, 0.15) is 31.2 Å². The number of fused-ring (bicyclic) bond motifs is 2. The van der Waals surface area contributed by atoms with Gasteiger partial charge in [0.1, 0.15) is 6.54 Å². The molecule has 6 heteroatoms. The van der Waals surface area contributed by atoms with Crippen molar-refractivity contribution >= 4 is 39.3 Å². The van der Waals surface area contributed by atoms with Crippen molar-refractivity contribution in [3.63, 3.8) is 0 Å². The van der Waals surface area contributed by atoms with Crippen molar-refractivity contribution in [3.05, 3.63) is 28.2 Å². The van der Waals surface area contributed by atoms with Gasteiger partial charge < -0.3 is 4.90 Å². The molecule has 1 saturated carbocycles. The number of rotatable bonds is 2. The van der Waals surface area contributed by atoms with Crippen molar-refractivity contribution in [2.75, 3.05) is 18.0 Å². The summed E-state index contributed by atoms with van der Waals surface area (Å²) in [6.45, 7) is 0.480. The van der Waals surface area contributed by atoms with E-state index in [1.165, 1.54) is 4.90 Å². The van der Waals surface area contributed by atoms with E-state index < -0.39 is 0 Å². The largest absolute Gasteiger partial charge is 0.310 e. The third kappa shape index (κ3) is 2.48. The van der Waals surface area contributed by atoms with Crippen LogP contribution in [0.2, 0.25) is 0 Å². The van der Waals surface area contributed by atoms with Gasteiger partial charge in [-0.15, -0.1) is 0 Å². The van der Waals surface area contributed by atoms with E-state index in [0.717, 1.165) is 47.8 Å². The normalized spacial score (nSPS) is 25.9. The fourth-order valence-corrected chi connectivity index (χ4v) is 4.65. The first-order valence-electron chi connectivity index (χ1n) is 8.50. The van der Waals surface area contributed by atoms with Crippen LogP contribution >= 0.6 is 15.9 Å². The van der Waals surface area contributed by atoms with Gasteiger partial charge in [-0.05, 0) is 43.0 Å². The minimum atomic E-state index is -0.194. The number of hydrogen-bond acceptors (Lipinski definition) is 3. The average Bonchev–Trinajstić information content (AvgIpc) is 3.10. The smallest absolute Gasteiger partial charge is 0.247 e. The predicted octanol–water partition coefficient (Wildman–Crippen LogP) is 2.51. The maximum atomic E-state index is 12.7. The van der Waals surface area contributed by atoms with Gasteiger partial charge in [0.25, 0.3) is 0 Å². The molecule has 3 amide bonds. The number of benzene rings is 1. The second kappa shape index (κ2) is 5.99. The van der Waals surface area contributed by atoms with Crippen LogP contribution in [0.4, 0.5) is 5.69 Å². The zero-order chi connectivity index (χ0) is 16.8. The molecule has 1 aromatic rings. The van der Waals surface area contributed by atoms with E-state index in [-0.39, 0.29) is 36.1 Å². The van der Waals surface area contributed by atoms with Gasteiger partial charge in [-0.3, -0.25) is 19.3 Å². The molecular formula is C18H19BrN2O3. The van der Waals surface area contributed by atoms with E-state index in [9.17, 15) is 14.4 Å². The highest BCUT2D eigenvalue weighted by atomic mass is 79.9. The Hall–Kier alpha value is -1.69. The number of likely N-dealkylation sites (tertiary alicyclic amines) is 1. The summed E-state index contributed by atoms with van der Waals surface area (Å²) >= 11 is 3.44. The number of carbonyl (C=O) groups excluding carboxylic acids is 3. The van der Waals surface area contributed by atoms with E-state index in [2.05, 4.69) is 15.9 Å². The zero-order valence-corrected chi connectivity index (χ0v) is 14.9. The second-order valence-electron chi connectivity index (χ2n) is 6.83. The van der Waals surface area contributed by atoms with Crippen LogP contribution in [0.25, 0.3) is 0 Å². The molecule has 5 nitrogen and oxygen atoms in total. The molecule has 2 heterocycles. The third-order valence-corrected chi connectivity index (χ3v) is 5.96. The highest BCUT2D eigenvalue weighted by molar-refractivity contribution is 9.10. The van der Waals surface area contributed by atoms with E-state index >= 15 is 0 Å². The molecule has 2 aliphatic heterocycles. The highest BCUT2D eigenvalue weighted by Gasteiger charge is 2.48. The Labute approximate surface area is 149 Å². The van der Waals surface area contributed by atoms with Crippen molar-refractivity contribution in [1.29, 1.82) is 0 Å². The number of carbonyl (C=O) groups is 3. The number of halogens is 1. The fraction of sp³-hybridized carbons (Fsp3) is 0.500. The Morgan fingerprint density at radius 3 is 2.46 bits per heavy atom. The summed E-state index contributed by atoms with van der Waals surface area (Å²) in [4.78, 5) is 40.7. The second-order valence-corrected chi connectivity index (χ2v) is 7.74. The highest BCUT2D eigenvalue weighted by Crippen LogP contribution is 2.38. The van der Waals surface area contributed by atoms with Gasteiger partial charge in [0, 0.05) is 16.7 Å². The Kier molecular flexibility index (Phi) is 3.95. The SMILES string of the molecule is O=C1C2CCCCC2C(=O)N1CC(=O)N1CCc2cc(Br)ccc21. The molecule has 3 aliphatic rings. The maximum absolute atomic E-state index is 12.7. The maximum Gasteiger partial charge on any atom is 0.247 e. The van der Waals surface area contributed by atoms with Crippen molar-refractivity contribution in [2.45, 2.75) is 32.1 Å². The number of hydrogen-bond donors (Lipinski definition) is 0. The molecule has 1 saturated heterocycles. The molecule has 0 radical (unpaired) electrons. The first-order chi connectivity index (χ1) is 11.6. The molecule has 1 aliphatic carbocycles. The van der Waals surface area contributed by atoms with E-state index in [0.29, 0.717) is 6.54 Å². The number of amides is 3. The minimum absolute atomic E-state index is 0.125. The topological polar surface area (TPSA) is 57.7 Å². The summed E-state index contributed by atoms with van der Waals surface area (Å²) in [6, 6.07) is 5.84. The third-order valence-electron chi connectivity index (χ3n) is 5.46. The molecule has 126 valence electrons. The molecule has 0 bridgehead atoms. The van der Waals surface area contributed by atoms with Crippen molar-refractivity contribution in [3.8, 4) is 0 Å². The molecule has 0 N–H and O–H groups in total. The van der Waals surface area contributed by atoms with Crippen LogP contribution in [0.5, 0.6) is 0 Å². The molecule has 0 spiro atoms. The molecule has 2 fully saturated rings. The molecule has 2 atom stereocenters. The van der Waals surface area contributed by atoms with Crippen LogP contribution in [0.15, 0.2) is 22.7 Å². The predicted molar refractivity (Wildman–Crippen MR) is 92.4 cm³/mol. The van der Waals surface area contributed by atoms with E-state index in [1.807, 2.05) is 18.2 Å². The number of imide groups is 1. The Morgan fingerprint density at radius 2 is 1.79 bits per heavy atom. The van der Waals surface area contributed by atoms with Crippen LogP contribution in [-0.2, 0) is 20.8 Å². The molecule has 24 heavy (non-hydrogen) atoms. The molecule has 2 unspecified atom stereocenters. The number of anilines is 1. The lowest BCUT2D eigenvalue weighted by molar-refractivity contribution is -0.143. The van der Waals surface area contributed by atoms with Gasteiger partial charge in [-0.2, -0.15) is 0 Å². The number of nitrogens with zero attached hydrogens (tertiary/aromatic N) is 2. The average molecular weight is 391 g/mol. The van der Waals surface area contributed by atoms with Gasteiger partial charge in [-0.1, -0.05) is 28.8 Å². The van der Waals surface area contributed by atoms with Gasteiger partial charge in [-0.25, -0.2) is 0 Å². The van der Waals surface area contributed by atoms with Crippen LogP contribution < -0.4 is 4.90 Å². The summed E-state index contributed by atoms with van der Waals surface area (Å²) in [5, 5.41) is 0. The van der Waals surface area contributed by atoms with Crippen molar-refractivity contribution in [1.82, 2.24) is 4.90 Å². The quantitative estimate of drug-likeness (QED) is 0.728. The standard InChI is InChI=1S/C18H19BrN2O3/c19-12-5-6-15-11(9-12)7-8-20(15)16(22)10-21-17(23)13-3-1-2-4-14(13)18(21)24/h5-6,9,13-14H,1-4,7-8,10H2. The van der Waals surface area contributed by atoms with Crippen LogP contribution in [0, 0.1) is 11.8 Å². The molecule has 4 rings (SSSR count). The lowest BCUT2D eigenvalue weighted by atomic mass is 9.81. The molecular weight excluding hydrogens is 372 g/mol. The van der Waals surface area contributed by atoms with Gasteiger partial charge in [0.2, 0.25) is 17.7 Å². The van der Waals surface area contributed by atoms with Crippen molar-refractivity contribution in [2.24, 2.45) is 11.8 Å². The Balaban J connectivity index is 1.51. The van der Waals surface area contributed by atoms with Gasteiger partial charge >= 0.3 is 0 Å². The molecule has 1 aromatic carbocycles. The lowest BCUT2D eigenvalue weighted by Crippen LogP contribution is -2.42. The summed E-state index contributed by atoms with van der Waals surface area (Å²) in [6.07, 6.45) is 4.35. The minimum Gasteiger partial charge on any atom is -0.310 e. The van der Waals surface area contributed by atoms with Gasteiger partial charge in [0.15, 0.2) is 0 Å². The summed E-state index contributed by atoms with van der Waals surface area (Å²) in [5.41, 5.74) is 2.00. The van der Waals surface area contributed by atoms with Crippen molar-refractivity contribution < 1.29 is 14.4 Å². The molecule has 0 aromatic heterocycles. The summed E-state index contributed by atoms with van der Waals surface area (Å²) in [5.74, 6) is -0.847. The first kappa shape index (κ1) is 15.8. The monoisotopic (exact) mass is 390 g/mol. The van der Waals surface area contributed by atoms with E-state index in [1.54, 1.807) is 4.90 Å². The first-order valence-corrected chi connectivity index (χ1v) is 9.29. The van der Waals surface area contributed by atoms with Gasteiger partial charge in [0.05, 0.1) is 11.8 Å². The Morgan fingerprint density at radius 1 is 1.12 bits per heavy atom. The summed E-state index contributed by atoms with van der Waals surface area (Å²) in [7, 11) is 0. The van der Waals surface area contributed by atoms with Crippen LogP contribution in [0.3, 0.4) is 0 Å². The zero-order valence-electron chi connectivity index (χ0n) is 13.3. The van der Waals surface area contributed by atoms with E-state index in [4.69, 9.17) is 0 Å². The van der Waals surface area contributed by atoms with Crippen LogP contribution in [-0.4, -0.2) is 35.7 Å². The fourth-order valence-electron chi connectivity index (χ4n) is 4.24. The lowest BCUT2D eigenvalue weighted by Gasteiger charge is -2.21. The Bertz CT molecular complexity index is 709. The summed E-state index contributed by atoms with van der Waals surface area (Å²) < 4.78 is 0.990.